The number of benzene rings is 1. The summed E-state index contributed by atoms with van der Waals surface area (Å²) in [5, 5.41) is 0. The molecule has 1 N–H and O–H groups in total. The fraction of sp³-hybridized carbons (Fsp3) is 0.500. The van der Waals surface area contributed by atoms with Crippen LogP contribution < -0.4 is 10.4 Å². The Bertz CT molecular complexity index is 842. The van der Waals surface area contributed by atoms with Gasteiger partial charge in [0, 0.05) is 20.1 Å². The van der Waals surface area contributed by atoms with Crippen molar-refractivity contribution in [1.29, 1.82) is 0 Å². The van der Waals surface area contributed by atoms with Gasteiger partial charge in [-0.2, -0.15) is 0 Å². The maximum atomic E-state index is 12.4. The molecule has 2 aromatic rings. The highest BCUT2D eigenvalue weighted by atomic mass is 32.2. The number of rotatable bonds is 3. The van der Waals surface area contributed by atoms with E-state index in [1.165, 1.54) is 9.13 Å². The molecule has 3 rings (SSSR count). The average molecular weight is 309 g/mol. The third-order valence-corrected chi connectivity index (χ3v) is 5.75. The fourth-order valence-corrected chi connectivity index (χ4v) is 4.31. The number of hydrogen-bond donors (Lipinski definition) is 1. The minimum Gasteiger partial charge on any atom is -0.295 e. The van der Waals surface area contributed by atoms with Crippen LogP contribution in [0.1, 0.15) is 25.7 Å². The first-order valence-corrected chi connectivity index (χ1v) is 8.56. The first-order valence-electron chi connectivity index (χ1n) is 7.08. The first kappa shape index (κ1) is 14.3. The van der Waals surface area contributed by atoms with Crippen molar-refractivity contribution in [2.24, 2.45) is 14.1 Å². The molecule has 7 heteroatoms. The van der Waals surface area contributed by atoms with Crippen LogP contribution in [0.4, 0.5) is 0 Å². The van der Waals surface area contributed by atoms with Gasteiger partial charge in [0.2, 0.25) is 10.0 Å². The van der Waals surface area contributed by atoms with Gasteiger partial charge >= 0.3 is 5.69 Å². The minimum absolute atomic E-state index is 0.0327. The van der Waals surface area contributed by atoms with E-state index in [1.54, 1.807) is 32.3 Å². The van der Waals surface area contributed by atoms with Crippen molar-refractivity contribution in [3.8, 4) is 0 Å². The van der Waals surface area contributed by atoms with E-state index in [1.807, 2.05) is 0 Å². The minimum atomic E-state index is -3.53. The summed E-state index contributed by atoms with van der Waals surface area (Å²) in [7, 11) is -0.210. The number of nitrogens with zero attached hydrogens (tertiary/aromatic N) is 2. The van der Waals surface area contributed by atoms with Crippen molar-refractivity contribution in [3.05, 3.63) is 28.7 Å². The molecule has 0 radical (unpaired) electrons. The largest absolute Gasteiger partial charge is 0.328 e. The SMILES string of the molecule is Cn1c(=O)n(C)c2cc(S(=O)(=O)NC3CCCC3)ccc21. The lowest BCUT2D eigenvalue weighted by Crippen LogP contribution is -2.32. The van der Waals surface area contributed by atoms with Gasteiger partial charge in [0.1, 0.15) is 0 Å². The van der Waals surface area contributed by atoms with Crippen molar-refractivity contribution in [2.75, 3.05) is 0 Å². The van der Waals surface area contributed by atoms with Crippen LogP contribution in [-0.4, -0.2) is 23.6 Å². The van der Waals surface area contributed by atoms with Crippen molar-refractivity contribution < 1.29 is 8.42 Å². The standard InChI is InChI=1S/C14H19N3O3S/c1-16-12-8-7-11(9-13(12)17(2)14(16)18)21(19,20)15-10-5-3-4-6-10/h7-10,15H,3-6H2,1-2H3. The zero-order chi connectivity index (χ0) is 15.2. The lowest BCUT2D eigenvalue weighted by atomic mass is 10.3. The van der Waals surface area contributed by atoms with Crippen LogP contribution in [0.15, 0.2) is 27.9 Å². The lowest BCUT2D eigenvalue weighted by molar-refractivity contribution is 0.552. The van der Waals surface area contributed by atoms with Crippen molar-refractivity contribution in [3.63, 3.8) is 0 Å². The number of imidazole rings is 1. The normalized spacial score (nSPS) is 16.9. The topological polar surface area (TPSA) is 73.1 Å². The van der Waals surface area contributed by atoms with Crippen LogP contribution in [0.5, 0.6) is 0 Å². The smallest absolute Gasteiger partial charge is 0.295 e. The second-order valence-electron chi connectivity index (χ2n) is 5.65. The van der Waals surface area contributed by atoms with Gasteiger partial charge in [-0.3, -0.25) is 9.13 Å². The van der Waals surface area contributed by atoms with Gasteiger partial charge in [-0.25, -0.2) is 17.9 Å². The number of fused-ring (bicyclic) bond motifs is 1. The van der Waals surface area contributed by atoms with E-state index in [-0.39, 0.29) is 16.6 Å². The Hall–Kier alpha value is -1.60. The maximum absolute atomic E-state index is 12.4. The Morgan fingerprint density at radius 2 is 1.71 bits per heavy atom. The number of aromatic nitrogens is 2. The van der Waals surface area contributed by atoms with Gasteiger partial charge in [-0.15, -0.1) is 0 Å². The molecular formula is C14H19N3O3S. The molecule has 0 aliphatic heterocycles. The van der Waals surface area contributed by atoms with E-state index in [4.69, 9.17) is 0 Å². The summed E-state index contributed by atoms with van der Waals surface area (Å²) < 4.78 is 30.6. The van der Waals surface area contributed by atoms with E-state index < -0.39 is 10.0 Å². The van der Waals surface area contributed by atoms with E-state index in [9.17, 15) is 13.2 Å². The summed E-state index contributed by atoms with van der Waals surface area (Å²) in [4.78, 5) is 12.1. The Morgan fingerprint density at radius 1 is 1.10 bits per heavy atom. The summed E-state index contributed by atoms with van der Waals surface area (Å²) in [6.07, 6.45) is 3.93. The molecule has 21 heavy (non-hydrogen) atoms. The number of sulfonamides is 1. The van der Waals surface area contributed by atoms with E-state index in [0.717, 1.165) is 31.2 Å². The molecule has 1 aliphatic rings. The van der Waals surface area contributed by atoms with Gasteiger partial charge in [0.15, 0.2) is 0 Å². The molecule has 1 saturated carbocycles. The molecule has 6 nitrogen and oxygen atoms in total. The average Bonchev–Trinajstić information content (AvgIpc) is 3.02. The van der Waals surface area contributed by atoms with Crippen LogP contribution >= 0.6 is 0 Å². The number of nitrogens with one attached hydrogen (secondary N) is 1. The summed E-state index contributed by atoms with van der Waals surface area (Å²) in [6, 6.07) is 4.83. The summed E-state index contributed by atoms with van der Waals surface area (Å²) in [5.74, 6) is 0. The van der Waals surface area contributed by atoms with Gasteiger partial charge in [-0.1, -0.05) is 12.8 Å². The molecule has 1 aromatic carbocycles. The Labute approximate surface area is 123 Å². The predicted octanol–water partition coefficient (Wildman–Crippen LogP) is 1.10. The van der Waals surface area contributed by atoms with E-state index in [2.05, 4.69) is 4.72 Å². The summed E-state index contributed by atoms with van der Waals surface area (Å²) >= 11 is 0. The van der Waals surface area contributed by atoms with Crippen LogP contribution in [-0.2, 0) is 24.1 Å². The zero-order valence-electron chi connectivity index (χ0n) is 12.2. The molecule has 1 aromatic heterocycles. The van der Waals surface area contributed by atoms with Crippen molar-refractivity contribution >= 4 is 21.1 Å². The Kier molecular flexibility index (Phi) is 3.41. The molecule has 1 fully saturated rings. The van der Waals surface area contributed by atoms with Gasteiger partial charge in [0.25, 0.3) is 0 Å². The number of hydrogen-bond acceptors (Lipinski definition) is 3. The molecule has 0 bridgehead atoms. The Morgan fingerprint density at radius 3 is 2.38 bits per heavy atom. The molecule has 0 unspecified atom stereocenters. The van der Waals surface area contributed by atoms with Gasteiger partial charge in [-0.05, 0) is 31.0 Å². The van der Waals surface area contributed by atoms with Crippen LogP contribution in [0, 0.1) is 0 Å². The third kappa shape index (κ3) is 2.40. The maximum Gasteiger partial charge on any atom is 0.328 e. The quantitative estimate of drug-likeness (QED) is 0.922. The van der Waals surface area contributed by atoms with E-state index in [0.29, 0.717) is 5.52 Å². The molecule has 0 atom stereocenters. The second-order valence-corrected chi connectivity index (χ2v) is 7.37. The molecule has 114 valence electrons. The molecular weight excluding hydrogens is 290 g/mol. The molecule has 1 aliphatic carbocycles. The molecule has 1 heterocycles. The molecule has 0 spiro atoms. The Balaban J connectivity index is 2.04. The highest BCUT2D eigenvalue weighted by Crippen LogP contribution is 2.22. The van der Waals surface area contributed by atoms with Gasteiger partial charge in [0.05, 0.1) is 15.9 Å². The highest BCUT2D eigenvalue weighted by Gasteiger charge is 2.23. The molecule has 0 saturated heterocycles. The van der Waals surface area contributed by atoms with Crippen LogP contribution in [0.3, 0.4) is 0 Å². The van der Waals surface area contributed by atoms with Gasteiger partial charge < -0.3 is 0 Å². The van der Waals surface area contributed by atoms with Crippen molar-refractivity contribution in [2.45, 2.75) is 36.6 Å². The van der Waals surface area contributed by atoms with E-state index >= 15 is 0 Å². The zero-order valence-corrected chi connectivity index (χ0v) is 13.0. The first-order chi connectivity index (χ1) is 9.90. The predicted molar refractivity (Wildman–Crippen MR) is 80.7 cm³/mol. The van der Waals surface area contributed by atoms with Crippen LogP contribution in [0.25, 0.3) is 11.0 Å². The monoisotopic (exact) mass is 309 g/mol. The third-order valence-electron chi connectivity index (χ3n) is 4.23. The highest BCUT2D eigenvalue weighted by molar-refractivity contribution is 7.89. The summed E-state index contributed by atoms with van der Waals surface area (Å²) in [6.45, 7) is 0. The molecule has 0 amide bonds. The second kappa shape index (κ2) is 4.99. The summed E-state index contributed by atoms with van der Waals surface area (Å²) in [5.41, 5.74) is 1.18. The van der Waals surface area contributed by atoms with Crippen molar-refractivity contribution in [1.82, 2.24) is 13.9 Å². The van der Waals surface area contributed by atoms with Crippen LogP contribution in [0.2, 0.25) is 0 Å². The lowest BCUT2D eigenvalue weighted by Gasteiger charge is -2.12. The number of aryl methyl sites for hydroxylation is 2. The fourth-order valence-electron chi connectivity index (χ4n) is 2.98.